The lowest BCUT2D eigenvalue weighted by Crippen LogP contribution is -2.37. The molecule has 1 aromatic carbocycles. The van der Waals surface area contributed by atoms with Crippen LogP contribution in [0.15, 0.2) is 27.6 Å². The van der Waals surface area contributed by atoms with Crippen LogP contribution in [0.3, 0.4) is 0 Å². The van der Waals surface area contributed by atoms with Gasteiger partial charge in [0.1, 0.15) is 12.3 Å². The van der Waals surface area contributed by atoms with Gasteiger partial charge in [-0.15, -0.1) is 24.0 Å². The van der Waals surface area contributed by atoms with Crippen LogP contribution in [-0.2, 0) is 13.0 Å². The maximum Gasteiger partial charge on any atom is 0.216 e. The molecule has 0 radical (unpaired) electrons. The number of hydrogen-bond acceptors (Lipinski definition) is 3. The summed E-state index contributed by atoms with van der Waals surface area (Å²) >= 11 is 12.1. The SMILES string of the molecule is CCNC(=NCc1nc(C)c(C)o1)NCCCc1ccc(Cl)cc1Cl.I. The highest BCUT2D eigenvalue weighted by Gasteiger charge is 2.06. The lowest BCUT2D eigenvalue weighted by molar-refractivity contribution is 0.473. The van der Waals surface area contributed by atoms with Crippen LogP contribution < -0.4 is 10.6 Å². The molecule has 0 aliphatic carbocycles. The van der Waals surface area contributed by atoms with Crippen molar-refractivity contribution in [1.82, 2.24) is 15.6 Å². The molecule has 5 nitrogen and oxygen atoms in total. The number of aryl methyl sites for hydroxylation is 3. The lowest BCUT2D eigenvalue weighted by Gasteiger charge is -2.11. The number of halogens is 3. The monoisotopic (exact) mass is 510 g/mol. The molecule has 2 N–H and O–H groups in total. The Morgan fingerprint density at radius 2 is 2.00 bits per heavy atom. The first kappa shape index (κ1) is 23.0. The van der Waals surface area contributed by atoms with Crippen LogP contribution in [0, 0.1) is 13.8 Å². The first-order valence-electron chi connectivity index (χ1n) is 8.38. The predicted octanol–water partition coefficient (Wildman–Crippen LogP) is 4.90. The molecule has 8 heteroatoms. The molecule has 26 heavy (non-hydrogen) atoms. The minimum atomic E-state index is 0. The van der Waals surface area contributed by atoms with E-state index in [4.69, 9.17) is 27.6 Å². The molecule has 0 atom stereocenters. The van der Waals surface area contributed by atoms with E-state index in [1.807, 2.05) is 32.9 Å². The van der Waals surface area contributed by atoms with Gasteiger partial charge in [0.05, 0.1) is 5.69 Å². The predicted molar refractivity (Wildman–Crippen MR) is 119 cm³/mol. The lowest BCUT2D eigenvalue weighted by atomic mass is 10.1. The molecule has 0 amide bonds. The fourth-order valence-electron chi connectivity index (χ4n) is 2.31. The van der Waals surface area contributed by atoms with Crippen molar-refractivity contribution in [3.05, 3.63) is 51.2 Å². The van der Waals surface area contributed by atoms with Crippen molar-refractivity contribution in [2.45, 2.75) is 40.2 Å². The van der Waals surface area contributed by atoms with Crippen molar-refractivity contribution in [2.75, 3.05) is 13.1 Å². The van der Waals surface area contributed by atoms with Gasteiger partial charge in [0.15, 0.2) is 5.96 Å². The number of aliphatic imine (C=N–C) groups is 1. The molecule has 0 aliphatic heterocycles. The van der Waals surface area contributed by atoms with E-state index in [1.165, 1.54) is 0 Å². The van der Waals surface area contributed by atoms with E-state index in [-0.39, 0.29) is 24.0 Å². The Bertz CT molecular complexity index is 714. The minimum absolute atomic E-state index is 0. The van der Waals surface area contributed by atoms with E-state index in [9.17, 15) is 0 Å². The Hall–Kier alpha value is -0.990. The first-order chi connectivity index (χ1) is 12.0. The maximum absolute atomic E-state index is 6.19. The van der Waals surface area contributed by atoms with Crippen LogP contribution in [0.4, 0.5) is 0 Å². The zero-order valence-electron chi connectivity index (χ0n) is 15.2. The van der Waals surface area contributed by atoms with E-state index in [1.54, 1.807) is 6.07 Å². The molecule has 1 heterocycles. The summed E-state index contributed by atoms with van der Waals surface area (Å²) in [6.07, 6.45) is 1.81. The number of oxazole rings is 1. The Balaban J connectivity index is 0.00000338. The molecule has 0 aliphatic rings. The highest BCUT2D eigenvalue weighted by molar-refractivity contribution is 14.0. The topological polar surface area (TPSA) is 62.5 Å². The highest BCUT2D eigenvalue weighted by Crippen LogP contribution is 2.21. The van der Waals surface area contributed by atoms with Crippen LogP contribution in [0.25, 0.3) is 0 Å². The number of nitrogens with one attached hydrogen (secondary N) is 2. The van der Waals surface area contributed by atoms with Crippen molar-refractivity contribution >= 4 is 53.1 Å². The van der Waals surface area contributed by atoms with Crippen molar-refractivity contribution < 1.29 is 4.42 Å². The summed E-state index contributed by atoms with van der Waals surface area (Å²) in [5, 5.41) is 7.90. The standard InChI is InChI=1S/C18H24Cl2N4O.HI/c1-4-21-18(23-11-17-24-12(2)13(3)25-17)22-9-5-6-14-7-8-15(19)10-16(14)20;/h7-8,10H,4-6,9,11H2,1-3H3,(H2,21,22,23);1H. The Morgan fingerprint density at radius 3 is 2.62 bits per heavy atom. The van der Waals surface area contributed by atoms with Gasteiger partial charge in [-0.3, -0.25) is 0 Å². The van der Waals surface area contributed by atoms with Gasteiger partial charge in [-0.05, 0) is 51.3 Å². The highest BCUT2D eigenvalue weighted by atomic mass is 127. The summed E-state index contributed by atoms with van der Waals surface area (Å²) in [5.74, 6) is 2.21. The van der Waals surface area contributed by atoms with Crippen LogP contribution in [0.5, 0.6) is 0 Å². The van der Waals surface area contributed by atoms with E-state index in [2.05, 4.69) is 20.6 Å². The Labute approximate surface area is 182 Å². The minimum Gasteiger partial charge on any atom is -0.444 e. The van der Waals surface area contributed by atoms with Crippen molar-refractivity contribution in [3.63, 3.8) is 0 Å². The van der Waals surface area contributed by atoms with E-state index < -0.39 is 0 Å². The average molecular weight is 511 g/mol. The third kappa shape index (κ3) is 7.32. The van der Waals surface area contributed by atoms with Gasteiger partial charge >= 0.3 is 0 Å². The fourth-order valence-corrected chi connectivity index (χ4v) is 2.81. The van der Waals surface area contributed by atoms with E-state index in [0.29, 0.717) is 22.5 Å². The Kier molecular flexibility index (Phi) is 10.3. The van der Waals surface area contributed by atoms with Gasteiger partial charge in [-0.1, -0.05) is 29.3 Å². The number of rotatable bonds is 7. The molecule has 0 bridgehead atoms. The third-order valence-corrected chi connectivity index (χ3v) is 4.31. The van der Waals surface area contributed by atoms with Gasteiger partial charge < -0.3 is 15.1 Å². The summed E-state index contributed by atoms with van der Waals surface area (Å²) in [6, 6.07) is 5.61. The number of hydrogen-bond donors (Lipinski definition) is 2. The molecule has 144 valence electrons. The van der Waals surface area contributed by atoms with Crippen molar-refractivity contribution in [2.24, 2.45) is 4.99 Å². The third-order valence-electron chi connectivity index (χ3n) is 3.72. The zero-order valence-corrected chi connectivity index (χ0v) is 19.1. The second-order valence-electron chi connectivity index (χ2n) is 5.71. The molecule has 0 saturated heterocycles. The van der Waals surface area contributed by atoms with Gasteiger partial charge in [0.25, 0.3) is 0 Å². The van der Waals surface area contributed by atoms with Crippen LogP contribution in [0.1, 0.15) is 36.3 Å². The normalized spacial score (nSPS) is 11.2. The van der Waals surface area contributed by atoms with Crippen molar-refractivity contribution in [1.29, 1.82) is 0 Å². The van der Waals surface area contributed by atoms with Crippen LogP contribution >= 0.6 is 47.2 Å². The Morgan fingerprint density at radius 1 is 1.23 bits per heavy atom. The summed E-state index contributed by atoms with van der Waals surface area (Å²) in [7, 11) is 0. The van der Waals surface area contributed by atoms with Gasteiger partial charge in [-0.25, -0.2) is 9.98 Å². The van der Waals surface area contributed by atoms with Gasteiger partial charge in [0, 0.05) is 23.1 Å². The molecule has 2 aromatic rings. The molecular formula is C18H25Cl2IN4O. The molecule has 0 fully saturated rings. The fraction of sp³-hybridized carbons (Fsp3) is 0.444. The quantitative estimate of drug-likeness (QED) is 0.240. The number of benzene rings is 1. The summed E-state index contributed by atoms with van der Waals surface area (Å²) < 4.78 is 5.55. The largest absolute Gasteiger partial charge is 0.444 e. The van der Waals surface area contributed by atoms with Crippen molar-refractivity contribution in [3.8, 4) is 0 Å². The van der Waals surface area contributed by atoms with Gasteiger partial charge in [0.2, 0.25) is 5.89 Å². The van der Waals surface area contributed by atoms with Crippen LogP contribution in [-0.4, -0.2) is 24.0 Å². The zero-order chi connectivity index (χ0) is 18.2. The average Bonchev–Trinajstić information content (AvgIpc) is 2.89. The first-order valence-corrected chi connectivity index (χ1v) is 9.14. The molecule has 2 rings (SSSR count). The molecule has 0 spiro atoms. The summed E-state index contributed by atoms with van der Waals surface area (Å²) in [6.45, 7) is 7.85. The maximum atomic E-state index is 6.19. The van der Waals surface area contributed by atoms with Crippen LogP contribution in [0.2, 0.25) is 10.0 Å². The van der Waals surface area contributed by atoms with E-state index in [0.717, 1.165) is 48.9 Å². The second-order valence-corrected chi connectivity index (χ2v) is 6.55. The van der Waals surface area contributed by atoms with E-state index >= 15 is 0 Å². The number of aromatic nitrogens is 1. The molecule has 0 saturated carbocycles. The van der Waals surface area contributed by atoms with Gasteiger partial charge in [-0.2, -0.15) is 0 Å². The second kappa shape index (κ2) is 11.7. The molecule has 0 unspecified atom stereocenters. The summed E-state index contributed by atoms with van der Waals surface area (Å²) in [4.78, 5) is 8.85. The molecular weight excluding hydrogens is 486 g/mol. The summed E-state index contributed by atoms with van der Waals surface area (Å²) in [5.41, 5.74) is 2.00. The number of nitrogens with zero attached hydrogens (tertiary/aromatic N) is 2. The molecule has 1 aromatic heterocycles. The number of guanidine groups is 1. The smallest absolute Gasteiger partial charge is 0.216 e.